The number of nitrogens with one attached hydrogen (secondary N) is 1. The summed E-state index contributed by atoms with van der Waals surface area (Å²) in [6.45, 7) is 3.89. The van der Waals surface area contributed by atoms with Crippen molar-refractivity contribution in [2.45, 2.75) is 44.9 Å². The van der Waals surface area contributed by atoms with Crippen molar-refractivity contribution in [1.82, 2.24) is 5.32 Å². The van der Waals surface area contributed by atoms with E-state index < -0.39 is 11.9 Å². The highest BCUT2D eigenvalue weighted by Gasteiger charge is 2.23. The summed E-state index contributed by atoms with van der Waals surface area (Å²) in [4.78, 5) is 23.9. The second-order valence-corrected chi connectivity index (χ2v) is 7.98. The van der Waals surface area contributed by atoms with Crippen LogP contribution in [0.25, 0.3) is 0 Å². The van der Waals surface area contributed by atoms with Gasteiger partial charge in [-0.05, 0) is 61.3 Å². The minimum absolute atomic E-state index is 0.169. The molecule has 0 bridgehead atoms. The van der Waals surface area contributed by atoms with E-state index in [1.807, 2.05) is 24.3 Å². The summed E-state index contributed by atoms with van der Waals surface area (Å²) in [5, 5.41) is 12.2. The fourth-order valence-electron chi connectivity index (χ4n) is 3.55. The first-order valence-electron chi connectivity index (χ1n) is 11.0. The summed E-state index contributed by atoms with van der Waals surface area (Å²) in [5.74, 6) is -1.33. The zero-order valence-electron chi connectivity index (χ0n) is 18.4. The Hall–Kier alpha value is -2.85. The van der Waals surface area contributed by atoms with Gasteiger partial charge in [-0.1, -0.05) is 67.3 Å². The molecular weight excluding hydrogens is 422 g/mol. The van der Waals surface area contributed by atoms with Crippen LogP contribution < -0.4 is 5.32 Å². The molecule has 0 radical (unpaired) electrons. The lowest BCUT2D eigenvalue weighted by Crippen LogP contribution is -2.30. The van der Waals surface area contributed by atoms with Gasteiger partial charge in [-0.25, -0.2) is 0 Å². The molecule has 0 spiro atoms. The number of aliphatic carboxylic acids is 1. The molecule has 0 aromatic carbocycles. The van der Waals surface area contributed by atoms with Gasteiger partial charge in [0.1, 0.15) is 0 Å². The number of amides is 1. The van der Waals surface area contributed by atoms with Gasteiger partial charge >= 0.3 is 5.97 Å². The largest absolute Gasteiger partial charge is 0.481 e. The summed E-state index contributed by atoms with van der Waals surface area (Å²) in [6.07, 6.45) is 26.3. The molecule has 0 saturated carbocycles. The minimum Gasteiger partial charge on any atom is -0.481 e. The van der Waals surface area contributed by atoms with Gasteiger partial charge in [0.05, 0.1) is 5.92 Å². The van der Waals surface area contributed by atoms with Gasteiger partial charge in [-0.15, -0.1) is 11.6 Å². The lowest BCUT2D eigenvalue weighted by atomic mass is 9.99. The fourth-order valence-corrected chi connectivity index (χ4v) is 3.81. The third-order valence-corrected chi connectivity index (χ3v) is 5.69. The van der Waals surface area contributed by atoms with Crippen LogP contribution in [0.15, 0.2) is 95.8 Å². The highest BCUT2D eigenvalue weighted by Crippen LogP contribution is 2.21. The number of carboxylic acids is 1. The number of halogens is 1. The zero-order valence-corrected chi connectivity index (χ0v) is 19.2. The van der Waals surface area contributed by atoms with Gasteiger partial charge in [-0.2, -0.15) is 0 Å². The standard InChI is InChI=1S/C27H32ClNO3/c1-2-21(18-19-23(20-28)22-13-7-4-3-5-8-14-22)12-11-17-26(30)29-25-16-10-6-9-15-24(25)27(31)32/h2-7,10,14,16,18-19,24H,1,8-9,11-13,15,17,20H2,(H,29,30)(H,31,32)/b5-3-,7-4?,21-18+,22-14+,23-19+. The Morgan fingerprint density at radius 3 is 2.72 bits per heavy atom. The Balaban J connectivity index is 1.92. The Labute approximate surface area is 196 Å². The predicted octanol–water partition coefficient (Wildman–Crippen LogP) is 6.32. The number of carbonyl (C=O) groups excluding carboxylic acids is 1. The average molecular weight is 454 g/mol. The Kier molecular flexibility index (Phi) is 11.3. The molecule has 2 rings (SSSR count). The van der Waals surface area contributed by atoms with Crippen molar-refractivity contribution in [3.05, 3.63) is 95.8 Å². The maximum absolute atomic E-state index is 12.4. The highest BCUT2D eigenvalue weighted by atomic mass is 35.5. The van der Waals surface area contributed by atoms with Crippen molar-refractivity contribution >= 4 is 23.5 Å². The second-order valence-electron chi connectivity index (χ2n) is 7.72. The van der Waals surface area contributed by atoms with Crippen molar-refractivity contribution in [2.75, 3.05) is 5.88 Å². The topological polar surface area (TPSA) is 66.4 Å². The molecule has 0 saturated heterocycles. The van der Waals surface area contributed by atoms with Crippen LogP contribution in [0.3, 0.4) is 0 Å². The third-order valence-electron chi connectivity index (χ3n) is 5.40. The van der Waals surface area contributed by atoms with Crippen LogP contribution >= 0.6 is 11.6 Å². The third kappa shape index (κ3) is 8.72. The second kappa shape index (κ2) is 14.3. The summed E-state index contributed by atoms with van der Waals surface area (Å²) in [7, 11) is 0. The quantitative estimate of drug-likeness (QED) is 0.300. The summed E-state index contributed by atoms with van der Waals surface area (Å²) in [6, 6.07) is 0. The number of rotatable bonds is 10. The molecule has 4 nitrogen and oxygen atoms in total. The number of carbonyl (C=O) groups is 2. The maximum atomic E-state index is 12.4. The van der Waals surface area contributed by atoms with E-state index >= 15 is 0 Å². The summed E-state index contributed by atoms with van der Waals surface area (Å²) >= 11 is 6.19. The number of carboxylic acid groups (broad SMARTS) is 1. The predicted molar refractivity (Wildman–Crippen MR) is 132 cm³/mol. The fraction of sp³-hybridized carbons (Fsp3) is 0.333. The molecule has 1 unspecified atom stereocenters. The molecule has 0 aromatic rings. The van der Waals surface area contributed by atoms with Crippen LogP contribution in [0.1, 0.15) is 44.9 Å². The molecule has 2 aliphatic carbocycles. The zero-order chi connectivity index (χ0) is 23.2. The van der Waals surface area contributed by atoms with E-state index in [9.17, 15) is 14.7 Å². The maximum Gasteiger partial charge on any atom is 0.312 e. The van der Waals surface area contributed by atoms with Crippen LogP contribution in [0.5, 0.6) is 0 Å². The van der Waals surface area contributed by atoms with Gasteiger partial charge in [0.25, 0.3) is 0 Å². The van der Waals surface area contributed by atoms with E-state index in [2.05, 4.69) is 36.2 Å². The normalized spacial score (nSPS) is 22.0. The Morgan fingerprint density at radius 2 is 1.97 bits per heavy atom. The van der Waals surface area contributed by atoms with Gasteiger partial charge in [0, 0.05) is 18.0 Å². The minimum atomic E-state index is -0.912. The van der Waals surface area contributed by atoms with E-state index in [0.717, 1.165) is 24.0 Å². The lowest BCUT2D eigenvalue weighted by Gasteiger charge is -2.15. The number of allylic oxidation sites excluding steroid dienone is 14. The molecule has 2 N–H and O–H groups in total. The van der Waals surface area contributed by atoms with E-state index in [4.69, 9.17) is 11.6 Å². The average Bonchev–Trinajstić information content (AvgIpc) is 2.99. The molecule has 0 fully saturated rings. The van der Waals surface area contributed by atoms with Crippen molar-refractivity contribution in [3.63, 3.8) is 0 Å². The lowest BCUT2D eigenvalue weighted by molar-refractivity contribution is -0.140. The molecule has 0 aromatic heterocycles. The van der Waals surface area contributed by atoms with Crippen LogP contribution in [0.2, 0.25) is 0 Å². The molecule has 1 atom stereocenters. The van der Waals surface area contributed by atoms with Crippen molar-refractivity contribution in [3.8, 4) is 0 Å². The van der Waals surface area contributed by atoms with Crippen molar-refractivity contribution in [2.24, 2.45) is 5.92 Å². The molecular formula is C27H32ClNO3. The summed E-state index contributed by atoms with van der Waals surface area (Å²) in [5.41, 5.74) is 3.79. The van der Waals surface area contributed by atoms with E-state index in [-0.39, 0.29) is 5.91 Å². The first-order valence-corrected chi connectivity index (χ1v) is 11.6. The van der Waals surface area contributed by atoms with Crippen LogP contribution in [0, 0.1) is 5.92 Å². The van der Waals surface area contributed by atoms with E-state index in [1.165, 1.54) is 5.57 Å². The van der Waals surface area contributed by atoms with E-state index in [1.54, 1.807) is 18.2 Å². The van der Waals surface area contributed by atoms with Gasteiger partial charge in [-0.3, -0.25) is 9.59 Å². The smallest absolute Gasteiger partial charge is 0.312 e. The van der Waals surface area contributed by atoms with Gasteiger partial charge in [0.15, 0.2) is 0 Å². The van der Waals surface area contributed by atoms with Crippen molar-refractivity contribution in [1.29, 1.82) is 0 Å². The number of alkyl halides is 1. The van der Waals surface area contributed by atoms with Crippen LogP contribution in [-0.4, -0.2) is 22.9 Å². The molecule has 0 aliphatic heterocycles. The first kappa shape index (κ1) is 25.4. The van der Waals surface area contributed by atoms with Crippen molar-refractivity contribution < 1.29 is 14.7 Å². The molecule has 2 aliphatic rings. The Bertz CT molecular complexity index is 900. The Morgan fingerprint density at radius 1 is 1.16 bits per heavy atom. The van der Waals surface area contributed by atoms with E-state index in [0.29, 0.717) is 43.7 Å². The number of hydrogen-bond donors (Lipinski definition) is 2. The van der Waals surface area contributed by atoms with Gasteiger partial charge in [0.2, 0.25) is 5.91 Å². The van der Waals surface area contributed by atoms with Crippen LogP contribution in [-0.2, 0) is 9.59 Å². The molecule has 1 amide bonds. The molecule has 5 heteroatoms. The molecule has 32 heavy (non-hydrogen) atoms. The van der Waals surface area contributed by atoms with Gasteiger partial charge < -0.3 is 10.4 Å². The molecule has 0 heterocycles. The highest BCUT2D eigenvalue weighted by molar-refractivity contribution is 6.19. The number of hydrogen-bond acceptors (Lipinski definition) is 2. The summed E-state index contributed by atoms with van der Waals surface area (Å²) < 4.78 is 0. The molecule has 170 valence electrons. The SMILES string of the molecule is C=C\C(=C/C=C(CCl)/C1=C/C/C=C\C=CC1)CCCC(=O)NC1=CC=CCCC1C(=O)O. The monoisotopic (exact) mass is 453 g/mol. The first-order chi connectivity index (χ1) is 15.5. The van der Waals surface area contributed by atoms with Crippen LogP contribution in [0.4, 0.5) is 0 Å².